The van der Waals surface area contributed by atoms with Crippen molar-refractivity contribution in [2.75, 3.05) is 6.54 Å². The molecule has 0 amide bonds. The van der Waals surface area contributed by atoms with Gasteiger partial charge in [0.05, 0.1) is 23.0 Å². The van der Waals surface area contributed by atoms with Crippen LogP contribution in [-0.2, 0) is 5.54 Å². The first-order chi connectivity index (χ1) is 16.3. The van der Waals surface area contributed by atoms with Crippen molar-refractivity contribution in [3.63, 3.8) is 0 Å². The Morgan fingerprint density at radius 2 is 2.00 bits per heavy atom. The summed E-state index contributed by atoms with van der Waals surface area (Å²) in [4.78, 5) is 4.59. The lowest BCUT2D eigenvalue weighted by Gasteiger charge is -2.22. The summed E-state index contributed by atoms with van der Waals surface area (Å²) in [5.41, 5.74) is 9.64. The SMILES string of the molecule is CCCC#Cc1ccc(-c2ccc(C(O)CN)cn2)c(Oc2cc(C3CC3)nn2C(C)(C)C)c1. The number of ether oxygens (including phenoxy) is 1. The fourth-order valence-electron chi connectivity index (χ4n) is 3.71. The smallest absolute Gasteiger partial charge is 0.218 e. The van der Waals surface area contributed by atoms with Crippen LogP contribution in [0.4, 0.5) is 0 Å². The molecule has 3 aromatic rings. The van der Waals surface area contributed by atoms with Gasteiger partial charge in [0, 0.05) is 47.8 Å². The van der Waals surface area contributed by atoms with Gasteiger partial charge < -0.3 is 15.6 Å². The van der Waals surface area contributed by atoms with Crippen molar-refractivity contribution < 1.29 is 9.84 Å². The van der Waals surface area contributed by atoms with Gasteiger partial charge in [-0.05, 0) is 64.3 Å². The molecule has 1 unspecified atom stereocenters. The number of aliphatic hydroxyl groups excluding tert-OH is 1. The summed E-state index contributed by atoms with van der Waals surface area (Å²) < 4.78 is 8.52. The third kappa shape index (κ3) is 5.49. The first kappa shape index (κ1) is 24.0. The molecule has 0 bridgehead atoms. The second kappa shape index (κ2) is 10.0. The number of hydrogen-bond acceptors (Lipinski definition) is 5. The van der Waals surface area contributed by atoms with Gasteiger partial charge in [-0.15, -0.1) is 0 Å². The van der Waals surface area contributed by atoms with Crippen molar-refractivity contribution in [1.82, 2.24) is 14.8 Å². The van der Waals surface area contributed by atoms with Crippen LogP contribution in [0.15, 0.2) is 42.6 Å². The molecule has 1 fully saturated rings. The fraction of sp³-hybridized carbons (Fsp3) is 0.429. The molecule has 1 aliphatic carbocycles. The molecule has 0 spiro atoms. The lowest BCUT2D eigenvalue weighted by molar-refractivity contribution is 0.186. The molecule has 4 rings (SSSR count). The minimum atomic E-state index is -0.726. The van der Waals surface area contributed by atoms with Crippen LogP contribution in [0.5, 0.6) is 11.6 Å². The largest absolute Gasteiger partial charge is 0.439 e. The second-order valence-corrected chi connectivity index (χ2v) is 9.86. The first-order valence-corrected chi connectivity index (χ1v) is 12.1. The quantitative estimate of drug-likeness (QED) is 0.456. The highest BCUT2D eigenvalue weighted by atomic mass is 16.5. The average molecular weight is 459 g/mol. The highest BCUT2D eigenvalue weighted by molar-refractivity contribution is 5.69. The van der Waals surface area contributed by atoms with Gasteiger partial charge in [-0.2, -0.15) is 5.10 Å². The third-order valence-electron chi connectivity index (χ3n) is 5.80. The summed E-state index contributed by atoms with van der Waals surface area (Å²) in [6, 6.07) is 11.8. The van der Waals surface area contributed by atoms with E-state index in [2.05, 4.69) is 50.6 Å². The van der Waals surface area contributed by atoms with Gasteiger partial charge in [0.2, 0.25) is 5.88 Å². The Bertz CT molecular complexity index is 1190. The van der Waals surface area contributed by atoms with E-state index in [0.717, 1.165) is 35.4 Å². The van der Waals surface area contributed by atoms with Crippen molar-refractivity contribution in [3.05, 3.63) is 59.4 Å². The molecular weight excluding hydrogens is 424 g/mol. The van der Waals surface area contributed by atoms with Crippen LogP contribution >= 0.6 is 0 Å². The molecule has 6 nitrogen and oxygen atoms in total. The molecule has 34 heavy (non-hydrogen) atoms. The summed E-state index contributed by atoms with van der Waals surface area (Å²) >= 11 is 0. The number of unbranched alkanes of at least 4 members (excludes halogenated alkanes) is 1. The summed E-state index contributed by atoms with van der Waals surface area (Å²) in [5, 5.41) is 14.9. The summed E-state index contributed by atoms with van der Waals surface area (Å²) in [6.45, 7) is 8.65. The second-order valence-electron chi connectivity index (χ2n) is 9.86. The topological polar surface area (TPSA) is 86.2 Å². The van der Waals surface area contributed by atoms with Gasteiger partial charge >= 0.3 is 0 Å². The van der Waals surface area contributed by atoms with Crippen LogP contribution in [0.2, 0.25) is 0 Å². The van der Waals surface area contributed by atoms with Gasteiger partial charge in [-0.1, -0.05) is 24.8 Å². The molecule has 2 heterocycles. The van der Waals surface area contributed by atoms with E-state index in [1.165, 1.54) is 12.8 Å². The number of aromatic nitrogens is 3. The van der Waals surface area contributed by atoms with E-state index in [-0.39, 0.29) is 12.1 Å². The number of nitrogens with zero attached hydrogens (tertiary/aromatic N) is 3. The first-order valence-electron chi connectivity index (χ1n) is 12.1. The van der Waals surface area contributed by atoms with E-state index in [1.54, 1.807) is 6.20 Å². The molecular formula is C28H34N4O2. The lowest BCUT2D eigenvalue weighted by Crippen LogP contribution is -2.23. The van der Waals surface area contributed by atoms with Gasteiger partial charge in [0.1, 0.15) is 5.75 Å². The molecule has 1 saturated carbocycles. The number of hydrogen-bond donors (Lipinski definition) is 2. The third-order valence-corrected chi connectivity index (χ3v) is 5.80. The molecule has 0 radical (unpaired) electrons. The van der Waals surface area contributed by atoms with Gasteiger partial charge in [-0.25, -0.2) is 4.68 Å². The zero-order chi connectivity index (χ0) is 24.3. The van der Waals surface area contributed by atoms with Crippen LogP contribution in [0, 0.1) is 11.8 Å². The summed E-state index contributed by atoms with van der Waals surface area (Å²) in [7, 11) is 0. The molecule has 2 aromatic heterocycles. The van der Waals surface area contributed by atoms with Crippen molar-refractivity contribution in [1.29, 1.82) is 0 Å². The number of rotatable bonds is 7. The Kier molecular flexibility index (Phi) is 7.06. The minimum absolute atomic E-state index is 0.153. The zero-order valence-electron chi connectivity index (χ0n) is 20.5. The molecule has 1 aromatic carbocycles. The highest BCUT2D eigenvalue weighted by Crippen LogP contribution is 2.43. The Hall–Kier alpha value is -3.14. The van der Waals surface area contributed by atoms with Gasteiger partial charge in [0.25, 0.3) is 0 Å². The van der Waals surface area contributed by atoms with Crippen LogP contribution in [-0.4, -0.2) is 26.4 Å². The van der Waals surface area contributed by atoms with Crippen LogP contribution in [0.25, 0.3) is 11.3 Å². The minimum Gasteiger partial charge on any atom is -0.439 e. The Morgan fingerprint density at radius 3 is 2.62 bits per heavy atom. The molecule has 1 aliphatic rings. The zero-order valence-corrected chi connectivity index (χ0v) is 20.5. The van der Waals surface area contributed by atoms with E-state index in [1.807, 2.05) is 35.0 Å². The predicted octanol–water partition coefficient (Wildman–Crippen LogP) is 5.51. The standard InChI is InChI=1S/C28H34N4O2/c1-5-6-7-8-19-9-13-22(23-14-12-21(18-30-23)25(33)17-29)26(15-19)34-27-16-24(20-10-11-20)31-32(27)28(2,3)4/h9,12-16,18,20,25,33H,5-6,10-11,17,29H2,1-4H3. The van der Waals surface area contributed by atoms with Crippen LogP contribution in [0.1, 0.15) is 82.2 Å². The normalized spacial score (nSPS) is 14.4. The Morgan fingerprint density at radius 1 is 1.21 bits per heavy atom. The van der Waals surface area contributed by atoms with Gasteiger partial charge in [-0.3, -0.25) is 4.98 Å². The monoisotopic (exact) mass is 458 g/mol. The van der Waals surface area contributed by atoms with Crippen LogP contribution in [0.3, 0.4) is 0 Å². The molecule has 3 N–H and O–H groups in total. The highest BCUT2D eigenvalue weighted by Gasteiger charge is 2.30. The molecule has 178 valence electrons. The van der Waals surface area contributed by atoms with E-state index in [9.17, 15) is 5.11 Å². The molecule has 0 saturated heterocycles. The molecule has 6 heteroatoms. The average Bonchev–Trinajstić information content (AvgIpc) is 3.58. The lowest BCUT2D eigenvalue weighted by atomic mass is 10.0. The summed E-state index contributed by atoms with van der Waals surface area (Å²) in [5.74, 6) is 8.37. The van der Waals surface area contributed by atoms with E-state index in [4.69, 9.17) is 15.6 Å². The predicted molar refractivity (Wildman–Crippen MR) is 135 cm³/mol. The summed E-state index contributed by atoms with van der Waals surface area (Å²) in [6.07, 6.45) is 5.17. The van der Waals surface area contributed by atoms with Gasteiger partial charge in [0.15, 0.2) is 0 Å². The molecule has 0 aliphatic heterocycles. The van der Waals surface area contributed by atoms with E-state index >= 15 is 0 Å². The van der Waals surface area contributed by atoms with Crippen molar-refractivity contribution in [2.24, 2.45) is 5.73 Å². The maximum atomic E-state index is 10.0. The number of benzene rings is 1. The van der Waals surface area contributed by atoms with E-state index in [0.29, 0.717) is 23.1 Å². The molecule has 1 atom stereocenters. The van der Waals surface area contributed by atoms with Crippen molar-refractivity contribution >= 4 is 0 Å². The van der Waals surface area contributed by atoms with Crippen molar-refractivity contribution in [2.45, 2.75) is 70.9 Å². The number of nitrogens with two attached hydrogens (primary N) is 1. The number of pyridine rings is 1. The Labute approximate surface area is 202 Å². The fourth-order valence-corrected chi connectivity index (χ4v) is 3.71. The number of aliphatic hydroxyl groups is 1. The Balaban J connectivity index is 1.75. The van der Waals surface area contributed by atoms with E-state index < -0.39 is 6.10 Å². The maximum Gasteiger partial charge on any atom is 0.218 e. The van der Waals surface area contributed by atoms with Crippen molar-refractivity contribution in [3.8, 4) is 34.7 Å². The maximum absolute atomic E-state index is 10.0. The van der Waals surface area contributed by atoms with Crippen LogP contribution < -0.4 is 10.5 Å².